The van der Waals surface area contributed by atoms with Crippen LogP contribution in [0.25, 0.3) is 0 Å². The Labute approximate surface area is 102 Å². The van der Waals surface area contributed by atoms with E-state index in [0.29, 0.717) is 24.4 Å². The number of carbonyl (C=O) groups is 1. The van der Waals surface area contributed by atoms with E-state index in [1.165, 1.54) is 0 Å². The minimum absolute atomic E-state index is 0.0297. The Morgan fingerprint density at radius 2 is 2.41 bits per heavy atom. The van der Waals surface area contributed by atoms with Gasteiger partial charge >= 0.3 is 0 Å². The molecule has 3 atom stereocenters. The van der Waals surface area contributed by atoms with Crippen molar-refractivity contribution < 1.29 is 4.79 Å². The fourth-order valence-electron chi connectivity index (χ4n) is 3.23. The summed E-state index contributed by atoms with van der Waals surface area (Å²) in [5, 5.41) is 14.5. The van der Waals surface area contributed by atoms with E-state index >= 15 is 0 Å². The first-order valence-corrected chi connectivity index (χ1v) is 6.34. The van der Waals surface area contributed by atoms with Gasteiger partial charge in [-0.15, -0.1) is 0 Å². The van der Waals surface area contributed by atoms with Gasteiger partial charge in [0, 0.05) is 12.6 Å². The molecule has 0 spiro atoms. The Kier molecular flexibility index (Phi) is 3.97. The third kappa shape index (κ3) is 2.59. The highest BCUT2D eigenvalue weighted by Crippen LogP contribution is 2.33. The van der Waals surface area contributed by atoms with Crippen molar-refractivity contribution in [1.29, 1.82) is 5.26 Å². The zero-order valence-corrected chi connectivity index (χ0v) is 10.3. The number of fused-ring (bicyclic) bond motifs is 1. The first kappa shape index (κ1) is 12.3. The Balaban J connectivity index is 1.89. The van der Waals surface area contributed by atoms with Crippen molar-refractivity contribution in [2.45, 2.75) is 19.4 Å². The summed E-state index contributed by atoms with van der Waals surface area (Å²) in [6, 6.07) is 2.44. The van der Waals surface area contributed by atoms with Gasteiger partial charge in [0.15, 0.2) is 0 Å². The summed E-state index contributed by atoms with van der Waals surface area (Å²) >= 11 is 0. The molecule has 0 aromatic carbocycles. The van der Waals surface area contributed by atoms with Crippen molar-refractivity contribution in [3.8, 4) is 6.07 Å². The van der Waals surface area contributed by atoms with E-state index in [2.05, 4.69) is 22.5 Å². The molecule has 17 heavy (non-hydrogen) atoms. The van der Waals surface area contributed by atoms with Gasteiger partial charge in [-0.05, 0) is 31.3 Å². The van der Waals surface area contributed by atoms with Gasteiger partial charge in [-0.2, -0.15) is 5.26 Å². The van der Waals surface area contributed by atoms with E-state index in [-0.39, 0.29) is 12.5 Å². The number of nitrogens with zero attached hydrogens (tertiary/aromatic N) is 2. The predicted molar refractivity (Wildman–Crippen MR) is 64.1 cm³/mol. The number of hydrogen-bond acceptors (Lipinski definition) is 4. The van der Waals surface area contributed by atoms with E-state index in [1.54, 1.807) is 0 Å². The van der Waals surface area contributed by atoms with Gasteiger partial charge in [0.2, 0.25) is 5.91 Å². The number of amides is 1. The second kappa shape index (κ2) is 5.48. The number of rotatable bonds is 4. The molecular weight excluding hydrogens is 216 g/mol. The van der Waals surface area contributed by atoms with E-state index in [4.69, 9.17) is 5.26 Å². The second-order valence-corrected chi connectivity index (χ2v) is 4.92. The molecule has 0 aromatic heterocycles. The van der Waals surface area contributed by atoms with Gasteiger partial charge in [0.25, 0.3) is 0 Å². The number of nitriles is 1. The minimum atomic E-state index is -0.0297. The van der Waals surface area contributed by atoms with Gasteiger partial charge in [-0.1, -0.05) is 6.92 Å². The summed E-state index contributed by atoms with van der Waals surface area (Å²) in [5.74, 6) is 1.37. The van der Waals surface area contributed by atoms with Crippen LogP contribution in [0.3, 0.4) is 0 Å². The van der Waals surface area contributed by atoms with Crippen LogP contribution >= 0.6 is 0 Å². The summed E-state index contributed by atoms with van der Waals surface area (Å²) in [6.07, 6.45) is 1.09. The molecule has 2 rings (SSSR count). The lowest BCUT2D eigenvalue weighted by Gasteiger charge is -2.25. The summed E-state index contributed by atoms with van der Waals surface area (Å²) in [5.41, 5.74) is 0. The minimum Gasteiger partial charge on any atom is -0.342 e. The van der Waals surface area contributed by atoms with Gasteiger partial charge in [0.1, 0.15) is 6.54 Å². The number of carbonyl (C=O) groups excluding carboxylic acids is 1. The Hall–Kier alpha value is -1.12. The SMILES string of the molecule is CCC1C2CNCC2CN1CC(=O)NCC#N. The first-order chi connectivity index (χ1) is 8.26. The van der Waals surface area contributed by atoms with Crippen LogP contribution < -0.4 is 10.6 Å². The standard InChI is InChI=1S/C12H20N4O/c1-2-11-10-6-14-5-9(10)7-16(11)8-12(17)15-4-3-13/h9-11,14H,2,4-8H2,1H3,(H,15,17). The smallest absolute Gasteiger partial charge is 0.235 e. The van der Waals surface area contributed by atoms with Crippen molar-refractivity contribution in [3.05, 3.63) is 0 Å². The molecule has 0 saturated carbocycles. The zero-order chi connectivity index (χ0) is 12.3. The highest BCUT2D eigenvalue weighted by molar-refractivity contribution is 5.78. The maximum absolute atomic E-state index is 11.6. The largest absolute Gasteiger partial charge is 0.342 e. The molecule has 5 heteroatoms. The molecule has 5 nitrogen and oxygen atoms in total. The van der Waals surface area contributed by atoms with Crippen molar-refractivity contribution in [2.24, 2.45) is 11.8 Å². The van der Waals surface area contributed by atoms with Gasteiger partial charge in [-0.3, -0.25) is 9.69 Å². The summed E-state index contributed by atoms with van der Waals surface area (Å²) in [4.78, 5) is 13.9. The highest BCUT2D eigenvalue weighted by atomic mass is 16.2. The molecule has 2 aliphatic heterocycles. The van der Waals surface area contributed by atoms with Crippen molar-refractivity contribution in [1.82, 2.24) is 15.5 Å². The molecular formula is C12H20N4O. The molecule has 0 bridgehead atoms. The van der Waals surface area contributed by atoms with Gasteiger partial charge in [0.05, 0.1) is 12.6 Å². The maximum atomic E-state index is 11.6. The Bertz CT molecular complexity index is 325. The van der Waals surface area contributed by atoms with Crippen LogP contribution in [-0.4, -0.2) is 49.6 Å². The molecule has 3 unspecified atom stereocenters. The van der Waals surface area contributed by atoms with Crippen LogP contribution in [0.4, 0.5) is 0 Å². The third-order valence-corrected chi connectivity index (χ3v) is 3.95. The van der Waals surface area contributed by atoms with Crippen LogP contribution in [0.5, 0.6) is 0 Å². The molecule has 94 valence electrons. The topological polar surface area (TPSA) is 68.2 Å². The molecule has 0 aliphatic carbocycles. The van der Waals surface area contributed by atoms with E-state index in [0.717, 1.165) is 26.1 Å². The van der Waals surface area contributed by atoms with E-state index < -0.39 is 0 Å². The van der Waals surface area contributed by atoms with Gasteiger partial charge in [-0.25, -0.2) is 0 Å². The monoisotopic (exact) mass is 236 g/mol. The lowest BCUT2D eigenvalue weighted by Crippen LogP contribution is -2.42. The molecule has 2 heterocycles. The van der Waals surface area contributed by atoms with E-state index in [9.17, 15) is 4.79 Å². The summed E-state index contributed by atoms with van der Waals surface area (Å²) in [7, 11) is 0. The third-order valence-electron chi connectivity index (χ3n) is 3.95. The van der Waals surface area contributed by atoms with Crippen LogP contribution in [0.1, 0.15) is 13.3 Å². The lowest BCUT2D eigenvalue weighted by atomic mass is 9.93. The predicted octanol–water partition coefficient (Wildman–Crippen LogP) is -0.444. The average Bonchev–Trinajstić information content (AvgIpc) is 2.86. The molecule has 2 fully saturated rings. The normalized spacial score (nSPS) is 32.1. The van der Waals surface area contributed by atoms with Crippen molar-refractivity contribution in [3.63, 3.8) is 0 Å². The van der Waals surface area contributed by atoms with Gasteiger partial charge < -0.3 is 10.6 Å². The zero-order valence-electron chi connectivity index (χ0n) is 10.3. The van der Waals surface area contributed by atoms with Crippen LogP contribution in [-0.2, 0) is 4.79 Å². The number of likely N-dealkylation sites (tertiary alicyclic amines) is 1. The molecule has 0 aromatic rings. The Morgan fingerprint density at radius 1 is 1.59 bits per heavy atom. The quantitative estimate of drug-likeness (QED) is 0.649. The van der Waals surface area contributed by atoms with Crippen LogP contribution in [0.2, 0.25) is 0 Å². The van der Waals surface area contributed by atoms with Crippen molar-refractivity contribution >= 4 is 5.91 Å². The first-order valence-electron chi connectivity index (χ1n) is 6.34. The molecule has 0 radical (unpaired) electrons. The highest BCUT2D eigenvalue weighted by Gasteiger charge is 2.43. The second-order valence-electron chi connectivity index (χ2n) is 4.92. The average molecular weight is 236 g/mol. The summed E-state index contributed by atoms with van der Waals surface area (Å²) < 4.78 is 0. The fourth-order valence-corrected chi connectivity index (χ4v) is 3.23. The lowest BCUT2D eigenvalue weighted by molar-refractivity contribution is -0.122. The maximum Gasteiger partial charge on any atom is 0.235 e. The molecule has 2 N–H and O–H groups in total. The summed E-state index contributed by atoms with van der Waals surface area (Å²) in [6.45, 7) is 5.91. The molecule has 2 aliphatic rings. The number of nitrogens with one attached hydrogen (secondary N) is 2. The fraction of sp³-hybridized carbons (Fsp3) is 0.833. The van der Waals surface area contributed by atoms with Crippen LogP contribution in [0.15, 0.2) is 0 Å². The van der Waals surface area contributed by atoms with Crippen LogP contribution in [0, 0.1) is 23.2 Å². The molecule has 1 amide bonds. The molecule has 2 saturated heterocycles. The Morgan fingerprint density at radius 3 is 3.12 bits per heavy atom. The number of hydrogen-bond donors (Lipinski definition) is 2. The van der Waals surface area contributed by atoms with Crippen molar-refractivity contribution in [2.75, 3.05) is 32.7 Å². The van der Waals surface area contributed by atoms with E-state index in [1.807, 2.05) is 6.07 Å².